The molecule has 0 amide bonds. The molecule has 5 heteroatoms. The molecule has 1 aromatic rings. The Bertz CT molecular complexity index is 905. The standard InChI is InChI=1S/C25H31NO4/c1-15(2)29-21-14-7-6-11-18(21)23-22(25(28)30-17-9-4-5-10-17)16(3)26-19-12-8-13-20(27)24(19)23/h6-7,11,14-15,17,23,26H,4-5,8-10,12-13H2,1-3H3/t23-/m1/s1. The van der Waals surface area contributed by atoms with Gasteiger partial charge in [-0.1, -0.05) is 18.2 Å². The number of hydrogen-bond acceptors (Lipinski definition) is 5. The zero-order chi connectivity index (χ0) is 21.3. The fraction of sp³-hybridized carbons (Fsp3) is 0.520. The Balaban J connectivity index is 1.80. The van der Waals surface area contributed by atoms with Crippen molar-refractivity contribution in [2.75, 3.05) is 0 Å². The van der Waals surface area contributed by atoms with Crippen molar-refractivity contribution in [3.8, 4) is 5.75 Å². The average Bonchev–Trinajstić information content (AvgIpc) is 3.20. The number of ketones is 1. The van der Waals surface area contributed by atoms with Crippen LogP contribution in [0.4, 0.5) is 0 Å². The van der Waals surface area contributed by atoms with Crippen LogP contribution in [-0.2, 0) is 14.3 Å². The van der Waals surface area contributed by atoms with Gasteiger partial charge in [0.1, 0.15) is 11.9 Å². The molecule has 1 atom stereocenters. The van der Waals surface area contributed by atoms with E-state index in [1.807, 2.05) is 45.0 Å². The number of nitrogens with one attached hydrogen (secondary N) is 1. The van der Waals surface area contributed by atoms with E-state index in [4.69, 9.17) is 9.47 Å². The van der Waals surface area contributed by atoms with Crippen molar-refractivity contribution < 1.29 is 19.1 Å². The van der Waals surface area contributed by atoms with Gasteiger partial charge in [0, 0.05) is 29.0 Å². The highest BCUT2D eigenvalue weighted by Gasteiger charge is 2.41. The van der Waals surface area contributed by atoms with E-state index in [1.165, 1.54) is 0 Å². The number of para-hydroxylation sites is 1. The molecule has 1 heterocycles. The molecule has 3 aliphatic rings. The smallest absolute Gasteiger partial charge is 0.337 e. The van der Waals surface area contributed by atoms with Crippen LogP contribution in [0.1, 0.15) is 77.2 Å². The number of esters is 1. The molecular formula is C25H31NO4. The Morgan fingerprint density at radius 2 is 1.83 bits per heavy atom. The van der Waals surface area contributed by atoms with Gasteiger partial charge in [0.05, 0.1) is 17.6 Å². The zero-order valence-corrected chi connectivity index (χ0v) is 18.1. The van der Waals surface area contributed by atoms with Crippen LogP contribution in [-0.4, -0.2) is 24.0 Å². The van der Waals surface area contributed by atoms with Crippen molar-refractivity contribution in [3.05, 3.63) is 52.4 Å². The van der Waals surface area contributed by atoms with Crippen molar-refractivity contribution in [2.45, 2.75) is 83.8 Å². The molecule has 30 heavy (non-hydrogen) atoms. The molecule has 4 rings (SSSR count). The SMILES string of the molecule is CC1=C(C(=O)OC2CCCC2)[C@@H](c2ccccc2OC(C)C)C2=C(CCCC2=O)N1. The van der Waals surface area contributed by atoms with E-state index >= 15 is 0 Å². The number of dihydropyridines is 1. The van der Waals surface area contributed by atoms with Crippen LogP contribution in [0.3, 0.4) is 0 Å². The molecule has 0 unspecified atom stereocenters. The summed E-state index contributed by atoms with van der Waals surface area (Å²) >= 11 is 0. The quantitative estimate of drug-likeness (QED) is 0.699. The van der Waals surface area contributed by atoms with Crippen molar-refractivity contribution in [1.82, 2.24) is 5.32 Å². The summed E-state index contributed by atoms with van der Waals surface area (Å²) in [5, 5.41) is 3.36. The fourth-order valence-corrected chi connectivity index (χ4v) is 4.87. The molecular weight excluding hydrogens is 378 g/mol. The van der Waals surface area contributed by atoms with Crippen LogP contribution < -0.4 is 10.1 Å². The first kappa shape index (κ1) is 20.7. The van der Waals surface area contributed by atoms with Gasteiger partial charge in [0.25, 0.3) is 0 Å². The van der Waals surface area contributed by atoms with Crippen molar-refractivity contribution in [3.63, 3.8) is 0 Å². The Kier molecular flexibility index (Phi) is 5.98. The number of Topliss-reactive ketones (excluding diaryl/α,β-unsaturated/α-hetero) is 1. The van der Waals surface area contributed by atoms with Gasteiger partial charge in [0.15, 0.2) is 5.78 Å². The van der Waals surface area contributed by atoms with E-state index in [-0.39, 0.29) is 24.0 Å². The summed E-state index contributed by atoms with van der Waals surface area (Å²) in [6.07, 6.45) is 6.12. The minimum absolute atomic E-state index is 0.0117. The molecule has 2 aliphatic carbocycles. The van der Waals surface area contributed by atoms with E-state index in [0.717, 1.165) is 55.5 Å². The lowest BCUT2D eigenvalue weighted by atomic mass is 9.75. The second-order valence-electron chi connectivity index (χ2n) is 8.78. The molecule has 0 bridgehead atoms. The number of benzene rings is 1. The van der Waals surface area contributed by atoms with E-state index in [2.05, 4.69) is 5.32 Å². The fourth-order valence-electron chi connectivity index (χ4n) is 4.87. The first-order valence-corrected chi connectivity index (χ1v) is 11.2. The predicted molar refractivity (Wildman–Crippen MR) is 115 cm³/mol. The first-order chi connectivity index (χ1) is 14.5. The molecule has 5 nitrogen and oxygen atoms in total. The average molecular weight is 410 g/mol. The monoisotopic (exact) mass is 409 g/mol. The highest BCUT2D eigenvalue weighted by Crippen LogP contribution is 2.45. The zero-order valence-electron chi connectivity index (χ0n) is 18.1. The van der Waals surface area contributed by atoms with Gasteiger partial charge in [-0.15, -0.1) is 0 Å². The predicted octanol–water partition coefficient (Wildman–Crippen LogP) is 4.93. The maximum Gasteiger partial charge on any atom is 0.337 e. The summed E-state index contributed by atoms with van der Waals surface area (Å²) in [7, 11) is 0. The minimum atomic E-state index is -0.460. The molecule has 1 saturated carbocycles. The van der Waals surface area contributed by atoms with E-state index in [1.54, 1.807) is 0 Å². The lowest BCUT2D eigenvalue weighted by Gasteiger charge is -2.35. The van der Waals surface area contributed by atoms with Gasteiger partial charge >= 0.3 is 5.97 Å². The highest BCUT2D eigenvalue weighted by molar-refractivity contribution is 6.04. The largest absolute Gasteiger partial charge is 0.491 e. The summed E-state index contributed by atoms with van der Waals surface area (Å²) in [6.45, 7) is 5.87. The maximum atomic E-state index is 13.4. The Labute approximate surface area is 178 Å². The van der Waals surface area contributed by atoms with Gasteiger partial charge in [0.2, 0.25) is 0 Å². The van der Waals surface area contributed by atoms with Gasteiger partial charge in [-0.05, 0) is 65.4 Å². The third-order valence-corrected chi connectivity index (χ3v) is 6.16. The second kappa shape index (κ2) is 8.66. The molecule has 1 fully saturated rings. The van der Waals surface area contributed by atoms with Crippen LogP contribution in [0, 0.1) is 0 Å². The van der Waals surface area contributed by atoms with Crippen molar-refractivity contribution in [2.24, 2.45) is 0 Å². The van der Waals surface area contributed by atoms with Crippen LogP contribution in [0.25, 0.3) is 0 Å². The number of hydrogen-bond donors (Lipinski definition) is 1. The number of allylic oxidation sites excluding steroid dienone is 3. The van der Waals surface area contributed by atoms with Crippen molar-refractivity contribution in [1.29, 1.82) is 0 Å². The molecule has 0 saturated heterocycles. The molecule has 1 aromatic carbocycles. The van der Waals surface area contributed by atoms with E-state index in [0.29, 0.717) is 23.3 Å². The molecule has 1 aliphatic heterocycles. The summed E-state index contributed by atoms with van der Waals surface area (Å²) in [6, 6.07) is 7.75. The summed E-state index contributed by atoms with van der Waals surface area (Å²) in [5.74, 6) is 0.0365. The van der Waals surface area contributed by atoms with Crippen LogP contribution in [0.15, 0.2) is 46.8 Å². The van der Waals surface area contributed by atoms with Gasteiger partial charge < -0.3 is 14.8 Å². The lowest BCUT2D eigenvalue weighted by molar-refractivity contribution is -0.144. The summed E-state index contributed by atoms with van der Waals surface area (Å²) in [4.78, 5) is 26.4. The van der Waals surface area contributed by atoms with Crippen LogP contribution in [0.5, 0.6) is 5.75 Å². The number of ether oxygens (including phenoxy) is 2. The minimum Gasteiger partial charge on any atom is -0.491 e. The van der Waals surface area contributed by atoms with Gasteiger partial charge in [-0.2, -0.15) is 0 Å². The van der Waals surface area contributed by atoms with Gasteiger partial charge in [-0.3, -0.25) is 4.79 Å². The molecule has 0 spiro atoms. The van der Waals surface area contributed by atoms with E-state index < -0.39 is 5.92 Å². The summed E-state index contributed by atoms with van der Waals surface area (Å²) in [5.41, 5.74) is 3.80. The molecule has 160 valence electrons. The normalized spacial score (nSPS) is 22.3. The Morgan fingerprint density at radius 1 is 1.10 bits per heavy atom. The Hall–Kier alpha value is -2.56. The first-order valence-electron chi connectivity index (χ1n) is 11.2. The third-order valence-electron chi connectivity index (χ3n) is 6.16. The second-order valence-corrected chi connectivity index (χ2v) is 8.78. The van der Waals surface area contributed by atoms with Crippen LogP contribution in [0.2, 0.25) is 0 Å². The number of carbonyl (C=O) groups is 2. The molecule has 0 aromatic heterocycles. The highest BCUT2D eigenvalue weighted by atomic mass is 16.5. The number of rotatable bonds is 5. The summed E-state index contributed by atoms with van der Waals surface area (Å²) < 4.78 is 12.0. The lowest BCUT2D eigenvalue weighted by Crippen LogP contribution is -2.35. The molecule has 0 radical (unpaired) electrons. The maximum absolute atomic E-state index is 13.4. The topological polar surface area (TPSA) is 64.6 Å². The third kappa shape index (κ3) is 4.03. The van der Waals surface area contributed by atoms with Gasteiger partial charge in [-0.25, -0.2) is 4.79 Å². The van der Waals surface area contributed by atoms with E-state index in [9.17, 15) is 9.59 Å². The molecule has 1 N–H and O–H groups in total. The van der Waals surface area contributed by atoms with Crippen molar-refractivity contribution >= 4 is 11.8 Å². The number of carbonyl (C=O) groups excluding carboxylic acids is 2. The Morgan fingerprint density at radius 3 is 2.57 bits per heavy atom. The van der Waals surface area contributed by atoms with Crippen LogP contribution >= 0.6 is 0 Å².